The van der Waals surface area contributed by atoms with Crippen molar-refractivity contribution in [1.82, 2.24) is 10.6 Å². The quantitative estimate of drug-likeness (QED) is 0.743. The number of hydrogen-bond acceptors (Lipinski definition) is 3. The van der Waals surface area contributed by atoms with Gasteiger partial charge in [0.1, 0.15) is 5.60 Å². The minimum absolute atomic E-state index is 0.335. The molecule has 1 aliphatic rings. The summed E-state index contributed by atoms with van der Waals surface area (Å²) in [7, 11) is 0. The van der Waals surface area contributed by atoms with Gasteiger partial charge in [0.15, 0.2) is 0 Å². The molecule has 0 aromatic heterocycles. The van der Waals surface area contributed by atoms with Crippen LogP contribution in [0.3, 0.4) is 0 Å². The molecule has 4 heteroatoms. The van der Waals surface area contributed by atoms with E-state index in [2.05, 4.69) is 24.5 Å². The van der Waals surface area contributed by atoms with Gasteiger partial charge in [0.25, 0.3) is 0 Å². The predicted molar refractivity (Wildman–Crippen MR) is 73.6 cm³/mol. The van der Waals surface area contributed by atoms with Crippen molar-refractivity contribution in [3.8, 4) is 0 Å². The fraction of sp³-hybridized carbons (Fsp3) is 0.929. The van der Waals surface area contributed by atoms with E-state index in [0.29, 0.717) is 12.6 Å². The Morgan fingerprint density at radius 3 is 2.39 bits per heavy atom. The summed E-state index contributed by atoms with van der Waals surface area (Å²) in [6.45, 7) is 11.6. The third kappa shape index (κ3) is 5.71. The van der Waals surface area contributed by atoms with Crippen molar-refractivity contribution in [3.05, 3.63) is 0 Å². The van der Waals surface area contributed by atoms with E-state index in [4.69, 9.17) is 4.74 Å². The second-order valence-corrected chi connectivity index (χ2v) is 6.56. The number of rotatable bonds is 5. The van der Waals surface area contributed by atoms with Gasteiger partial charge in [-0.15, -0.1) is 0 Å². The first-order valence-electron chi connectivity index (χ1n) is 6.98. The molecule has 0 spiro atoms. The minimum atomic E-state index is -0.421. The van der Waals surface area contributed by atoms with Crippen LogP contribution in [0, 0.1) is 11.8 Å². The molecule has 1 amide bonds. The molecule has 0 radical (unpaired) electrons. The second-order valence-electron chi connectivity index (χ2n) is 6.56. The number of ether oxygens (including phenoxy) is 1. The first-order chi connectivity index (χ1) is 8.28. The molecule has 0 bridgehead atoms. The van der Waals surface area contributed by atoms with E-state index in [1.807, 2.05) is 20.8 Å². The Hall–Kier alpha value is -0.770. The number of hydrogen-bond donors (Lipinski definition) is 2. The molecule has 1 fully saturated rings. The Balaban J connectivity index is 1.98. The topological polar surface area (TPSA) is 50.4 Å². The smallest absolute Gasteiger partial charge is 0.407 e. The van der Waals surface area contributed by atoms with Gasteiger partial charge in [-0.25, -0.2) is 4.79 Å². The van der Waals surface area contributed by atoms with E-state index < -0.39 is 5.60 Å². The van der Waals surface area contributed by atoms with Crippen LogP contribution < -0.4 is 10.6 Å². The van der Waals surface area contributed by atoms with Crippen molar-refractivity contribution in [2.75, 3.05) is 13.1 Å². The van der Waals surface area contributed by atoms with E-state index in [9.17, 15) is 4.79 Å². The molecule has 106 valence electrons. The standard InChI is InChI=1S/C14H28N2O2/c1-10(2)11-8-12(9-11)15-6-7-16-13(17)18-14(3,4)5/h10-12,15H,6-9H2,1-5H3,(H,16,17). The van der Waals surface area contributed by atoms with Gasteiger partial charge in [-0.1, -0.05) is 13.8 Å². The monoisotopic (exact) mass is 256 g/mol. The van der Waals surface area contributed by atoms with Crippen LogP contribution in [-0.2, 0) is 4.74 Å². The highest BCUT2D eigenvalue weighted by Gasteiger charge is 2.30. The summed E-state index contributed by atoms with van der Waals surface area (Å²) in [5.41, 5.74) is -0.421. The van der Waals surface area contributed by atoms with Crippen LogP contribution in [0.4, 0.5) is 4.79 Å². The van der Waals surface area contributed by atoms with Crippen LogP contribution in [0.15, 0.2) is 0 Å². The Morgan fingerprint density at radius 1 is 1.28 bits per heavy atom. The number of alkyl carbamates (subject to hydrolysis) is 1. The maximum atomic E-state index is 11.4. The number of amides is 1. The minimum Gasteiger partial charge on any atom is -0.444 e. The first kappa shape index (κ1) is 15.3. The van der Waals surface area contributed by atoms with E-state index in [0.717, 1.165) is 18.4 Å². The molecule has 0 heterocycles. The summed E-state index contributed by atoms with van der Waals surface area (Å²) in [5.74, 6) is 1.67. The van der Waals surface area contributed by atoms with Crippen LogP contribution in [0.1, 0.15) is 47.5 Å². The van der Waals surface area contributed by atoms with Crippen LogP contribution >= 0.6 is 0 Å². The SMILES string of the molecule is CC(C)C1CC(NCCNC(=O)OC(C)(C)C)C1. The molecular weight excluding hydrogens is 228 g/mol. The molecule has 0 aliphatic heterocycles. The van der Waals surface area contributed by atoms with Gasteiger partial charge < -0.3 is 15.4 Å². The molecule has 0 unspecified atom stereocenters. The second kappa shape index (κ2) is 6.41. The molecule has 1 saturated carbocycles. The fourth-order valence-corrected chi connectivity index (χ4v) is 2.13. The number of nitrogens with one attached hydrogen (secondary N) is 2. The molecule has 0 atom stereocenters. The largest absolute Gasteiger partial charge is 0.444 e. The molecule has 2 N–H and O–H groups in total. The lowest BCUT2D eigenvalue weighted by Gasteiger charge is -2.38. The van der Waals surface area contributed by atoms with E-state index in [-0.39, 0.29) is 6.09 Å². The van der Waals surface area contributed by atoms with Crippen LogP contribution in [0.2, 0.25) is 0 Å². The van der Waals surface area contributed by atoms with Gasteiger partial charge in [0.2, 0.25) is 0 Å². The van der Waals surface area contributed by atoms with E-state index in [1.54, 1.807) is 0 Å². The summed E-state index contributed by atoms with van der Waals surface area (Å²) in [6.07, 6.45) is 2.20. The number of carbonyl (C=O) groups excluding carboxylic acids is 1. The summed E-state index contributed by atoms with van der Waals surface area (Å²) in [5, 5.41) is 6.20. The summed E-state index contributed by atoms with van der Waals surface area (Å²) >= 11 is 0. The third-order valence-corrected chi connectivity index (χ3v) is 3.34. The molecule has 18 heavy (non-hydrogen) atoms. The van der Waals surface area contributed by atoms with Crippen molar-refractivity contribution in [3.63, 3.8) is 0 Å². The molecule has 1 rings (SSSR count). The van der Waals surface area contributed by atoms with Crippen LogP contribution in [0.5, 0.6) is 0 Å². The van der Waals surface area contributed by atoms with Gasteiger partial charge in [0.05, 0.1) is 0 Å². The molecular formula is C14H28N2O2. The molecule has 0 aromatic carbocycles. The maximum absolute atomic E-state index is 11.4. The summed E-state index contributed by atoms with van der Waals surface area (Å²) < 4.78 is 5.16. The van der Waals surface area contributed by atoms with E-state index >= 15 is 0 Å². The Bertz CT molecular complexity index is 265. The zero-order chi connectivity index (χ0) is 13.8. The van der Waals surface area contributed by atoms with Crippen molar-refractivity contribution in [1.29, 1.82) is 0 Å². The molecule has 0 saturated heterocycles. The van der Waals surface area contributed by atoms with Crippen molar-refractivity contribution >= 4 is 6.09 Å². The summed E-state index contributed by atoms with van der Waals surface area (Å²) in [4.78, 5) is 11.4. The maximum Gasteiger partial charge on any atom is 0.407 e. The lowest BCUT2D eigenvalue weighted by atomic mass is 9.74. The Labute approximate surface area is 111 Å². The zero-order valence-corrected chi connectivity index (χ0v) is 12.4. The first-order valence-corrected chi connectivity index (χ1v) is 6.98. The van der Waals surface area contributed by atoms with Crippen LogP contribution in [0.25, 0.3) is 0 Å². The van der Waals surface area contributed by atoms with Crippen LogP contribution in [-0.4, -0.2) is 30.8 Å². The Morgan fingerprint density at radius 2 is 1.89 bits per heavy atom. The molecule has 0 aromatic rings. The highest BCUT2D eigenvalue weighted by atomic mass is 16.6. The van der Waals surface area contributed by atoms with Crippen molar-refractivity contribution in [2.45, 2.75) is 59.1 Å². The van der Waals surface area contributed by atoms with E-state index in [1.165, 1.54) is 12.8 Å². The van der Waals surface area contributed by atoms with Gasteiger partial charge in [0, 0.05) is 19.1 Å². The van der Waals surface area contributed by atoms with Crippen molar-refractivity contribution < 1.29 is 9.53 Å². The lowest BCUT2D eigenvalue weighted by Crippen LogP contribution is -2.46. The predicted octanol–water partition coefficient (Wildman–Crippen LogP) is 2.54. The average Bonchev–Trinajstić information content (AvgIpc) is 2.10. The van der Waals surface area contributed by atoms with Crippen molar-refractivity contribution in [2.24, 2.45) is 11.8 Å². The van der Waals surface area contributed by atoms with Gasteiger partial charge >= 0.3 is 6.09 Å². The highest BCUT2D eigenvalue weighted by Crippen LogP contribution is 2.33. The fourth-order valence-electron chi connectivity index (χ4n) is 2.13. The normalized spacial score (nSPS) is 23.7. The summed E-state index contributed by atoms with van der Waals surface area (Å²) in [6, 6.07) is 0.637. The zero-order valence-electron chi connectivity index (χ0n) is 12.4. The average molecular weight is 256 g/mol. The van der Waals surface area contributed by atoms with Gasteiger partial charge in [-0.05, 0) is 45.4 Å². The Kier molecular flexibility index (Phi) is 5.45. The van der Waals surface area contributed by atoms with Gasteiger partial charge in [-0.3, -0.25) is 0 Å². The molecule has 1 aliphatic carbocycles. The molecule has 4 nitrogen and oxygen atoms in total. The van der Waals surface area contributed by atoms with Gasteiger partial charge in [-0.2, -0.15) is 0 Å². The third-order valence-electron chi connectivity index (χ3n) is 3.34. The highest BCUT2D eigenvalue weighted by molar-refractivity contribution is 5.67. The number of carbonyl (C=O) groups is 1. The lowest BCUT2D eigenvalue weighted by molar-refractivity contribution is 0.0526.